The molecule has 0 saturated heterocycles. The smallest absolute Gasteiger partial charge is 0.159 e. The Hall–Kier alpha value is -3.54. The Morgan fingerprint density at radius 2 is 1.71 bits per heavy atom. The van der Waals surface area contributed by atoms with Gasteiger partial charge in [0.1, 0.15) is 17.2 Å². The van der Waals surface area contributed by atoms with Gasteiger partial charge in [0.05, 0.1) is 18.2 Å². The zero-order valence-corrected chi connectivity index (χ0v) is 12.6. The van der Waals surface area contributed by atoms with Crippen LogP contribution in [0.15, 0.2) is 71.6 Å². The van der Waals surface area contributed by atoms with E-state index in [1.807, 2.05) is 36.4 Å². The first-order valence-corrected chi connectivity index (χ1v) is 7.36. The number of aromatic nitrogens is 4. The van der Waals surface area contributed by atoms with Gasteiger partial charge in [0.2, 0.25) is 0 Å². The van der Waals surface area contributed by atoms with Crippen molar-refractivity contribution in [3.63, 3.8) is 0 Å². The first kappa shape index (κ1) is 14.1. The highest BCUT2D eigenvalue weighted by molar-refractivity contribution is 5.74. The van der Waals surface area contributed by atoms with Gasteiger partial charge in [-0.2, -0.15) is 0 Å². The van der Waals surface area contributed by atoms with E-state index >= 15 is 0 Å². The molecule has 0 fully saturated rings. The number of nitrogens with zero attached hydrogens (tertiary/aromatic N) is 4. The molecule has 0 aliphatic rings. The van der Waals surface area contributed by atoms with Gasteiger partial charge < -0.3 is 10.2 Å². The monoisotopic (exact) mass is 315 g/mol. The quantitative estimate of drug-likeness (QED) is 0.622. The third kappa shape index (κ3) is 2.61. The molecule has 0 bridgehead atoms. The summed E-state index contributed by atoms with van der Waals surface area (Å²) in [4.78, 5) is 17.7. The Kier molecular flexibility index (Phi) is 3.47. The number of anilines is 1. The van der Waals surface area contributed by atoms with Gasteiger partial charge in [0.15, 0.2) is 11.6 Å². The van der Waals surface area contributed by atoms with Crippen molar-refractivity contribution in [2.45, 2.75) is 0 Å². The van der Waals surface area contributed by atoms with Crippen molar-refractivity contribution in [1.82, 2.24) is 19.9 Å². The maximum Gasteiger partial charge on any atom is 0.159 e. The summed E-state index contributed by atoms with van der Waals surface area (Å²) in [7, 11) is 0. The molecule has 0 amide bonds. The highest BCUT2D eigenvalue weighted by atomic mass is 16.3. The van der Waals surface area contributed by atoms with Crippen LogP contribution in [0.4, 0.5) is 5.82 Å². The van der Waals surface area contributed by atoms with Crippen LogP contribution < -0.4 is 5.73 Å². The van der Waals surface area contributed by atoms with Gasteiger partial charge >= 0.3 is 0 Å². The number of nitrogens with two attached hydrogens (primary N) is 1. The van der Waals surface area contributed by atoms with Crippen LogP contribution in [-0.2, 0) is 0 Å². The van der Waals surface area contributed by atoms with Crippen LogP contribution in [0.5, 0.6) is 0 Å². The first-order valence-electron chi connectivity index (χ1n) is 7.36. The molecule has 0 unspecified atom stereocenters. The predicted octanol–water partition coefficient (Wildman–Crippen LogP) is 3.44. The van der Waals surface area contributed by atoms with Crippen LogP contribution in [0.1, 0.15) is 0 Å². The number of benzene rings is 1. The maximum absolute atomic E-state index is 5.78. The number of furan rings is 1. The van der Waals surface area contributed by atoms with E-state index in [1.165, 1.54) is 6.20 Å². The second-order valence-corrected chi connectivity index (χ2v) is 5.10. The van der Waals surface area contributed by atoms with Gasteiger partial charge in [0, 0.05) is 11.8 Å². The fourth-order valence-corrected chi connectivity index (χ4v) is 2.39. The SMILES string of the molecule is Nc1cnc(-c2ccnc(-c3ccccc3)n2)c(-c2ccco2)n1. The molecule has 6 nitrogen and oxygen atoms in total. The summed E-state index contributed by atoms with van der Waals surface area (Å²) in [5.41, 5.74) is 8.52. The lowest BCUT2D eigenvalue weighted by atomic mass is 10.1. The minimum atomic E-state index is 0.322. The van der Waals surface area contributed by atoms with Crippen molar-refractivity contribution in [3.8, 4) is 34.2 Å². The zero-order valence-electron chi connectivity index (χ0n) is 12.6. The lowest BCUT2D eigenvalue weighted by Crippen LogP contribution is -2.00. The zero-order chi connectivity index (χ0) is 16.4. The van der Waals surface area contributed by atoms with Crippen LogP contribution in [-0.4, -0.2) is 19.9 Å². The Morgan fingerprint density at radius 3 is 2.50 bits per heavy atom. The summed E-state index contributed by atoms with van der Waals surface area (Å²) in [6, 6.07) is 15.2. The summed E-state index contributed by atoms with van der Waals surface area (Å²) in [5.74, 6) is 1.53. The lowest BCUT2D eigenvalue weighted by Gasteiger charge is -2.07. The Labute approximate surface area is 138 Å². The standard InChI is InChI=1S/C18H13N5O/c19-15-11-21-16(17(23-15)14-7-4-10-24-14)13-8-9-20-18(22-13)12-5-2-1-3-6-12/h1-11H,(H2,19,23). The average Bonchev–Trinajstić information content (AvgIpc) is 3.17. The van der Waals surface area contributed by atoms with E-state index in [0.717, 1.165) is 5.56 Å². The van der Waals surface area contributed by atoms with Gasteiger partial charge in [-0.15, -0.1) is 0 Å². The van der Waals surface area contributed by atoms with E-state index in [2.05, 4.69) is 19.9 Å². The minimum Gasteiger partial charge on any atom is -0.463 e. The molecular weight excluding hydrogens is 302 g/mol. The third-order valence-corrected chi connectivity index (χ3v) is 3.48. The summed E-state index contributed by atoms with van der Waals surface area (Å²) in [6.45, 7) is 0. The Morgan fingerprint density at radius 1 is 0.833 bits per heavy atom. The van der Waals surface area contributed by atoms with Gasteiger partial charge in [-0.05, 0) is 18.2 Å². The average molecular weight is 315 g/mol. The van der Waals surface area contributed by atoms with Crippen LogP contribution >= 0.6 is 0 Å². The molecule has 1 aromatic carbocycles. The molecule has 4 aromatic rings. The molecule has 116 valence electrons. The van der Waals surface area contributed by atoms with E-state index < -0.39 is 0 Å². The van der Waals surface area contributed by atoms with E-state index in [1.54, 1.807) is 24.6 Å². The summed E-state index contributed by atoms with van der Waals surface area (Å²) in [6.07, 6.45) is 4.79. The van der Waals surface area contributed by atoms with Crippen LogP contribution in [0.2, 0.25) is 0 Å². The highest BCUT2D eigenvalue weighted by Gasteiger charge is 2.15. The van der Waals surface area contributed by atoms with Gasteiger partial charge in [0.25, 0.3) is 0 Å². The third-order valence-electron chi connectivity index (χ3n) is 3.48. The molecule has 4 rings (SSSR count). The molecule has 0 saturated carbocycles. The number of nitrogen functional groups attached to an aromatic ring is 1. The van der Waals surface area contributed by atoms with Crippen molar-refractivity contribution in [2.75, 3.05) is 5.73 Å². The molecule has 24 heavy (non-hydrogen) atoms. The summed E-state index contributed by atoms with van der Waals surface area (Å²) in [5, 5.41) is 0. The van der Waals surface area contributed by atoms with Crippen LogP contribution in [0.25, 0.3) is 34.2 Å². The molecule has 6 heteroatoms. The lowest BCUT2D eigenvalue weighted by molar-refractivity contribution is 0.580. The van der Waals surface area contributed by atoms with Gasteiger partial charge in [-0.25, -0.2) is 19.9 Å². The normalized spacial score (nSPS) is 10.7. The fourth-order valence-electron chi connectivity index (χ4n) is 2.39. The van der Waals surface area contributed by atoms with Crippen LogP contribution in [0.3, 0.4) is 0 Å². The van der Waals surface area contributed by atoms with Crippen molar-refractivity contribution < 1.29 is 4.42 Å². The van der Waals surface area contributed by atoms with Crippen molar-refractivity contribution in [1.29, 1.82) is 0 Å². The largest absolute Gasteiger partial charge is 0.463 e. The number of hydrogen-bond donors (Lipinski definition) is 1. The molecule has 0 aliphatic heterocycles. The molecule has 3 heterocycles. The van der Waals surface area contributed by atoms with E-state index in [4.69, 9.17) is 10.2 Å². The molecule has 0 atom stereocenters. The molecule has 0 aliphatic carbocycles. The molecule has 0 radical (unpaired) electrons. The number of rotatable bonds is 3. The molecule has 3 aromatic heterocycles. The Balaban J connectivity index is 1.86. The molecule has 2 N–H and O–H groups in total. The summed E-state index contributed by atoms with van der Waals surface area (Å²) < 4.78 is 5.45. The Bertz CT molecular complexity index is 968. The summed E-state index contributed by atoms with van der Waals surface area (Å²) >= 11 is 0. The van der Waals surface area contributed by atoms with Gasteiger partial charge in [-0.1, -0.05) is 30.3 Å². The van der Waals surface area contributed by atoms with E-state index in [9.17, 15) is 0 Å². The first-order chi connectivity index (χ1) is 11.8. The van der Waals surface area contributed by atoms with Gasteiger partial charge in [-0.3, -0.25) is 0 Å². The highest BCUT2D eigenvalue weighted by Crippen LogP contribution is 2.29. The second kappa shape index (κ2) is 5.92. The van der Waals surface area contributed by atoms with E-state index in [0.29, 0.717) is 34.5 Å². The van der Waals surface area contributed by atoms with E-state index in [-0.39, 0.29) is 0 Å². The van der Waals surface area contributed by atoms with Crippen molar-refractivity contribution >= 4 is 5.82 Å². The number of hydrogen-bond acceptors (Lipinski definition) is 6. The van der Waals surface area contributed by atoms with Crippen molar-refractivity contribution in [3.05, 3.63) is 67.2 Å². The maximum atomic E-state index is 5.78. The fraction of sp³-hybridized carbons (Fsp3) is 0. The second-order valence-electron chi connectivity index (χ2n) is 5.10. The minimum absolute atomic E-state index is 0.322. The predicted molar refractivity (Wildman–Crippen MR) is 90.6 cm³/mol. The molecule has 0 spiro atoms. The molecular formula is C18H13N5O. The van der Waals surface area contributed by atoms with Crippen molar-refractivity contribution in [2.24, 2.45) is 0 Å². The topological polar surface area (TPSA) is 90.7 Å². The van der Waals surface area contributed by atoms with Crippen LogP contribution in [0, 0.1) is 0 Å².